The summed E-state index contributed by atoms with van der Waals surface area (Å²) in [5.41, 5.74) is 2.35. The van der Waals surface area contributed by atoms with Crippen LogP contribution in [0.4, 0.5) is 8.87 Å². The Hall–Kier alpha value is -5.31. The van der Waals surface area contributed by atoms with Gasteiger partial charge in [0.1, 0.15) is 12.0 Å². The van der Waals surface area contributed by atoms with Crippen molar-refractivity contribution in [2.24, 2.45) is 4.99 Å². The molecular weight excluding hydrogens is 646 g/mol. The largest absolute Gasteiger partial charge is 0.395 e. The van der Waals surface area contributed by atoms with E-state index in [1.807, 2.05) is 49.4 Å². The van der Waals surface area contributed by atoms with Crippen LogP contribution in [0.25, 0.3) is 27.8 Å². The van der Waals surface area contributed by atoms with Gasteiger partial charge < -0.3 is 15.7 Å². The van der Waals surface area contributed by atoms with E-state index in [9.17, 15) is 28.4 Å². The molecule has 0 bridgehead atoms. The van der Waals surface area contributed by atoms with Gasteiger partial charge in [0.25, 0.3) is 11.5 Å². The summed E-state index contributed by atoms with van der Waals surface area (Å²) in [5, 5.41) is 16.0. The highest BCUT2D eigenvalue weighted by Crippen LogP contribution is 2.28. The molecule has 1 fully saturated rings. The van der Waals surface area contributed by atoms with Gasteiger partial charge in [0.2, 0.25) is 5.84 Å². The number of amides is 1. The molecule has 0 saturated heterocycles. The van der Waals surface area contributed by atoms with Crippen molar-refractivity contribution in [2.45, 2.75) is 57.3 Å². The Morgan fingerprint density at radius 1 is 1.08 bits per heavy atom. The number of halogens is 2. The van der Waals surface area contributed by atoms with Crippen molar-refractivity contribution in [3.05, 3.63) is 117 Å². The molecule has 2 atom stereocenters. The highest BCUT2D eigenvalue weighted by molar-refractivity contribution is 5.99. The summed E-state index contributed by atoms with van der Waals surface area (Å²) in [7, 11) is 0. The first kappa shape index (κ1) is 33.2. The fourth-order valence-electron chi connectivity index (χ4n) is 6.70. The SMILES string of the molecule is C[C@H](CO)NCc1ccc(-c2cccc(-n3c(=O)n(C4CCC(NC(=O)C5=C[NH+]6CN(F)C=CC6=N5)CC4)c(=O)c4cc(F)cnc43)c2)cc1. The molecule has 7 rings (SSSR count). The normalized spacial score (nSPS) is 20.7. The minimum Gasteiger partial charge on any atom is -0.395 e. The molecule has 12 nitrogen and oxygen atoms in total. The number of amidine groups is 1. The van der Waals surface area contributed by atoms with Crippen LogP contribution in [0.5, 0.6) is 0 Å². The summed E-state index contributed by atoms with van der Waals surface area (Å²) < 4.78 is 30.6. The molecule has 3 aliphatic rings. The van der Waals surface area contributed by atoms with Gasteiger partial charge in [0.15, 0.2) is 18.0 Å². The number of quaternary nitrogens is 1. The Balaban J connectivity index is 1.14. The molecule has 2 aliphatic heterocycles. The minimum atomic E-state index is -0.688. The number of pyridine rings is 1. The molecule has 50 heavy (non-hydrogen) atoms. The molecule has 1 saturated carbocycles. The topological polar surface area (TPSA) is 138 Å². The van der Waals surface area contributed by atoms with Gasteiger partial charge in [-0.25, -0.2) is 23.6 Å². The van der Waals surface area contributed by atoms with Crippen molar-refractivity contribution in [1.29, 1.82) is 0 Å². The highest BCUT2D eigenvalue weighted by atomic mass is 19.2. The third kappa shape index (κ3) is 6.64. The number of benzene rings is 2. The van der Waals surface area contributed by atoms with Crippen LogP contribution >= 0.6 is 0 Å². The fourth-order valence-corrected chi connectivity index (χ4v) is 6.70. The summed E-state index contributed by atoms with van der Waals surface area (Å²) >= 11 is 0. The lowest BCUT2D eigenvalue weighted by Crippen LogP contribution is -3.11. The van der Waals surface area contributed by atoms with Crippen LogP contribution in [0.2, 0.25) is 0 Å². The first-order valence-corrected chi connectivity index (χ1v) is 16.6. The van der Waals surface area contributed by atoms with Crippen molar-refractivity contribution in [3.8, 4) is 16.8 Å². The van der Waals surface area contributed by atoms with Crippen LogP contribution in [0.1, 0.15) is 44.2 Å². The number of carbonyl (C=O) groups is 1. The third-order valence-corrected chi connectivity index (χ3v) is 9.44. The van der Waals surface area contributed by atoms with Gasteiger partial charge in [-0.05, 0) is 67.5 Å². The monoisotopic (exact) mass is 683 g/mol. The van der Waals surface area contributed by atoms with E-state index in [1.54, 1.807) is 12.3 Å². The number of aliphatic imine (C=N–C) groups is 1. The van der Waals surface area contributed by atoms with E-state index in [-0.39, 0.29) is 48.0 Å². The number of nitrogens with one attached hydrogen (secondary N) is 3. The second-order valence-electron chi connectivity index (χ2n) is 12.9. The number of fused-ring (bicyclic) bond motifs is 2. The molecule has 1 amide bonds. The molecule has 4 N–H and O–H groups in total. The molecule has 2 aromatic carbocycles. The molecule has 258 valence electrons. The van der Waals surface area contributed by atoms with Crippen LogP contribution in [0, 0.1) is 5.82 Å². The first-order chi connectivity index (χ1) is 24.2. The van der Waals surface area contributed by atoms with Gasteiger partial charge in [-0.15, -0.1) is 0 Å². The Kier molecular flexibility index (Phi) is 9.23. The van der Waals surface area contributed by atoms with E-state index < -0.39 is 23.1 Å². The number of aromatic nitrogens is 3. The lowest BCUT2D eigenvalue weighted by atomic mass is 9.90. The van der Waals surface area contributed by atoms with Gasteiger partial charge in [-0.3, -0.25) is 14.2 Å². The maximum Gasteiger partial charge on any atom is 0.337 e. The average molecular weight is 684 g/mol. The van der Waals surface area contributed by atoms with E-state index in [4.69, 9.17) is 0 Å². The zero-order valence-electron chi connectivity index (χ0n) is 27.4. The number of rotatable bonds is 9. The summed E-state index contributed by atoms with van der Waals surface area (Å²) in [5.74, 6) is -0.491. The summed E-state index contributed by atoms with van der Waals surface area (Å²) in [6.45, 7) is 2.58. The number of aliphatic hydroxyl groups is 1. The lowest BCUT2D eigenvalue weighted by Gasteiger charge is -2.30. The van der Waals surface area contributed by atoms with Crippen LogP contribution in [0.15, 0.2) is 99.5 Å². The summed E-state index contributed by atoms with van der Waals surface area (Å²) in [6, 6.07) is 15.7. The summed E-state index contributed by atoms with van der Waals surface area (Å²) in [6.07, 6.45) is 7.22. The quantitative estimate of drug-likeness (QED) is 0.199. The first-order valence-electron chi connectivity index (χ1n) is 16.6. The van der Waals surface area contributed by atoms with Gasteiger partial charge in [-0.1, -0.05) is 40.9 Å². The van der Waals surface area contributed by atoms with Crippen molar-refractivity contribution < 1.29 is 23.7 Å². The zero-order chi connectivity index (χ0) is 34.9. The number of aliphatic hydroxyl groups excluding tert-OH is 1. The minimum absolute atomic E-state index is 0.00784. The highest BCUT2D eigenvalue weighted by Gasteiger charge is 2.32. The Morgan fingerprint density at radius 3 is 2.62 bits per heavy atom. The Labute approximate surface area is 285 Å². The fraction of sp³-hybridized carbons (Fsp3) is 0.306. The van der Waals surface area contributed by atoms with Crippen LogP contribution in [-0.4, -0.2) is 61.4 Å². The molecule has 0 radical (unpaired) electrons. The molecule has 1 unspecified atom stereocenters. The van der Waals surface area contributed by atoms with Gasteiger partial charge in [-0.2, -0.15) is 10.1 Å². The Bertz CT molecular complexity index is 2150. The molecule has 4 heterocycles. The standard InChI is InChI=1S/C36H36F2N8O4/c1-22(20-47)39-17-23-5-7-24(8-6-23)25-3-2-4-29(15-25)45-33-30(16-26(37)18-40-33)35(49)46(36(45)50)28-11-9-27(10-12-28)41-34(48)31-19-43-21-44(38)14-13-32(43)42-31/h2-8,13-16,18-19,22,27-28,39,47H,9-12,17,20-21H2,1H3,(H,41,48)/p+1/t22-,27?,28?/m1/s1. The number of carbonyl (C=O) groups excluding carboxylic acids is 1. The average Bonchev–Trinajstić information content (AvgIpc) is 3.56. The van der Waals surface area contributed by atoms with E-state index >= 15 is 0 Å². The van der Waals surface area contributed by atoms with Crippen LogP contribution in [0.3, 0.4) is 0 Å². The second-order valence-corrected chi connectivity index (χ2v) is 12.9. The van der Waals surface area contributed by atoms with Gasteiger partial charge >= 0.3 is 5.69 Å². The molecule has 2 aromatic heterocycles. The summed E-state index contributed by atoms with van der Waals surface area (Å²) in [4.78, 5) is 50.2. The third-order valence-electron chi connectivity index (χ3n) is 9.44. The molecule has 1 aliphatic carbocycles. The molecular formula is C36H37F2N8O4+. The van der Waals surface area contributed by atoms with Gasteiger partial charge in [0, 0.05) is 36.9 Å². The molecule has 14 heteroatoms. The second kappa shape index (κ2) is 13.9. The predicted octanol–water partition coefficient (Wildman–Crippen LogP) is 2.23. The predicted molar refractivity (Wildman–Crippen MR) is 183 cm³/mol. The lowest BCUT2D eigenvalue weighted by molar-refractivity contribution is -0.763. The zero-order valence-corrected chi connectivity index (χ0v) is 27.4. The van der Waals surface area contributed by atoms with Gasteiger partial charge in [0.05, 0.1) is 23.9 Å². The Morgan fingerprint density at radius 2 is 1.86 bits per heavy atom. The molecule has 4 aromatic rings. The number of nitrogens with zero attached hydrogens (tertiary/aromatic N) is 5. The van der Waals surface area contributed by atoms with E-state index in [0.29, 0.717) is 53.8 Å². The van der Waals surface area contributed by atoms with E-state index in [2.05, 4.69) is 20.6 Å². The van der Waals surface area contributed by atoms with Crippen molar-refractivity contribution in [2.75, 3.05) is 13.3 Å². The number of hydrogen-bond acceptors (Lipinski definition) is 8. The van der Waals surface area contributed by atoms with E-state index in [1.165, 1.54) is 21.4 Å². The maximum atomic E-state index is 14.5. The smallest absolute Gasteiger partial charge is 0.337 e. The van der Waals surface area contributed by atoms with E-state index in [0.717, 1.165) is 29.0 Å². The van der Waals surface area contributed by atoms with Crippen molar-refractivity contribution >= 4 is 22.8 Å². The van der Waals surface area contributed by atoms with Crippen LogP contribution in [-0.2, 0) is 11.3 Å². The van der Waals surface area contributed by atoms with Crippen molar-refractivity contribution in [1.82, 2.24) is 29.9 Å². The van der Waals surface area contributed by atoms with Crippen molar-refractivity contribution in [3.63, 3.8) is 0 Å². The van der Waals surface area contributed by atoms with Crippen LogP contribution < -0.4 is 26.8 Å². The maximum absolute atomic E-state index is 14.5. The number of hydrogen-bond donors (Lipinski definition) is 4. The molecule has 0 spiro atoms.